The van der Waals surface area contributed by atoms with Gasteiger partial charge in [0.2, 0.25) is 0 Å². The molecule has 2 bridgehead atoms. The first kappa shape index (κ1) is 16.4. The molecule has 3 heterocycles. The minimum atomic E-state index is -4.84. The highest BCUT2D eigenvalue weighted by molar-refractivity contribution is 7.80. The molecule has 10 nitrogen and oxygen atoms in total. The zero-order chi connectivity index (χ0) is 16.8. The third kappa shape index (κ3) is 3.24. The van der Waals surface area contributed by atoms with Gasteiger partial charge in [0.1, 0.15) is 12.1 Å². The van der Waals surface area contributed by atoms with Crippen LogP contribution in [-0.4, -0.2) is 78.9 Å². The molecular weight excluding hydrogens is 337 g/mol. The molecule has 3 saturated heterocycles. The van der Waals surface area contributed by atoms with Crippen LogP contribution in [0, 0.1) is 0 Å². The van der Waals surface area contributed by atoms with Crippen LogP contribution in [0.2, 0.25) is 0 Å². The highest BCUT2D eigenvalue weighted by Gasteiger charge is 2.50. The van der Waals surface area contributed by atoms with Crippen LogP contribution >= 0.6 is 0 Å². The number of nitrogens with zero attached hydrogens (tertiary/aromatic N) is 2. The van der Waals surface area contributed by atoms with E-state index in [1.807, 2.05) is 0 Å². The van der Waals surface area contributed by atoms with Gasteiger partial charge in [-0.3, -0.25) is 4.55 Å². The van der Waals surface area contributed by atoms with Crippen LogP contribution in [0.1, 0.15) is 12.8 Å². The van der Waals surface area contributed by atoms with Crippen molar-refractivity contribution < 1.29 is 36.0 Å². The Morgan fingerprint density at radius 2 is 2.09 bits per heavy atom. The zero-order valence-electron chi connectivity index (χ0n) is 11.9. The molecule has 0 aliphatic carbocycles. The van der Waals surface area contributed by atoms with Gasteiger partial charge in [0.25, 0.3) is 0 Å². The van der Waals surface area contributed by atoms with Gasteiger partial charge in [-0.15, -0.1) is 4.28 Å². The highest BCUT2D eigenvalue weighted by Crippen LogP contribution is 2.31. The molecule has 0 saturated carbocycles. The second-order valence-electron chi connectivity index (χ2n) is 5.66. The molecule has 0 aromatic heterocycles. The molecule has 3 aliphatic rings. The average Bonchev–Trinajstić information content (AvgIpc) is 2.96. The fraction of sp³-hybridized carbons (Fsp3) is 0.818. The number of esters is 1. The fourth-order valence-corrected chi connectivity index (χ4v) is 3.43. The first-order valence-electron chi connectivity index (χ1n) is 7.08. The summed E-state index contributed by atoms with van der Waals surface area (Å²) in [4.78, 5) is 25.4. The molecule has 0 aromatic carbocycles. The second kappa shape index (κ2) is 5.85. The maximum atomic E-state index is 13.5. The van der Waals surface area contributed by atoms with Crippen molar-refractivity contribution in [3.63, 3.8) is 0 Å². The summed E-state index contributed by atoms with van der Waals surface area (Å²) < 4.78 is 53.1. The van der Waals surface area contributed by atoms with Crippen molar-refractivity contribution in [1.82, 2.24) is 15.3 Å². The quantitative estimate of drug-likeness (QED) is 0.479. The highest BCUT2D eigenvalue weighted by atomic mass is 32.3. The van der Waals surface area contributed by atoms with Crippen LogP contribution in [0.3, 0.4) is 0 Å². The van der Waals surface area contributed by atoms with Gasteiger partial charge in [0.05, 0.1) is 6.04 Å². The van der Waals surface area contributed by atoms with Crippen molar-refractivity contribution in [2.75, 3.05) is 19.6 Å². The lowest BCUT2D eigenvalue weighted by molar-refractivity contribution is -0.156. The van der Waals surface area contributed by atoms with Crippen LogP contribution in [0.15, 0.2) is 0 Å². The standard InChI is InChI=1S/C11H16FN3O7S/c12-7-3-13-4-9(7)21-10(16)8-2-1-6-5-14(8)11(17)15(6)22-23(18,19)20/h6-9,13H,1-5H2,(H,18,19,20)/t6-,7+,8+,9-/m1/s1. The molecule has 3 rings (SSSR count). The number of rotatable bonds is 4. The second-order valence-corrected chi connectivity index (χ2v) is 6.66. The van der Waals surface area contributed by atoms with Gasteiger partial charge in [0.15, 0.2) is 6.17 Å². The van der Waals surface area contributed by atoms with Gasteiger partial charge in [0, 0.05) is 19.6 Å². The third-order valence-electron chi connectivity index (χ3n) is 4.13. The maximum absolute atomic E-state index is 13.5. The lowest BCUT2D eigenvalue weighted by atomic mass is 10.0. The molecule has 2 amide bonds. The smallest absolute Gasteiger partial charge is 0.418 e. The maximum Gasteiger partial charge on any atom is 0.418 e. The van der Waals surface area contributed by atoms with Crippen molar-refractivity contribution >= 4 is 22.4 Å². The van der Waals surface area contributed by atoms with Gasteiger partial charge >= 0.3 is 22.4 Å². The zero-order valence-corrected chi connectivity index (χ0v) is 12.7. The SMILES string of the molecule is O=C(O[C@@H]1CNC[C@@H]1F)[C@@H]1CC[C@@H]2CN1C(=O)N2OS(=O)(=O)O. The van der Waals surface area contributed by atoms with E-state index in [1.165, 1.54) is 0 Å². The van der Waals surface area contributed by atoms with Gasteiger partial charge in [-0.1, -0.05) is 0 Å². The molecule has 130 valence electrons. The van der Waals surface area contributed by atoms with Crippen LogP contribution in [0.4, 0.5) is 9.18 Å². The van der Waals surface area contributed by atoms with E-state index in [2.05, 4.69) is 9.60 Å². The molecule has 0 radical (unpaired) electrons. The Balaban J connectivity index is 1.67. The van der Waals surface area contributed by atoms with E-state index in [0.717, 1.165) is 4.90 Å². The van der Waals surface area contributed by atoms with Crippen molar-refractivity contribution in [1.29, 1.82) is 0 Å². The molecule has 0 unspecified atom stereocenters. The normalized spacial score (nSPS) is 34.1. The van der Waals surface area contributed by atoms with Gasteiger partial charge in [-0.05, 0) is 12.8 Å². The Labute approximate surface area is 131 Å². The summed E-state index contributed by atoms with van der Waals surface area (Å²) in [5.41, 5.74) is 0. The van der Waals surface area contributed by atoms with Gasteiger partial charge < -0.3 is 15.0 Å². The van der Waals surface area contributed by atoms with E-state index in [1.54, 1.807) is 0 Å². The Morgan fingerprint density at radius 1 is 1.35 bits per heavy atom. The van der Waals surface area contributed by atoms with Gasteiger partial charge in [-0.2, -0.15) is 13.5 Å². The number of amides is 2. The van der Waals surface area contributed by atoms with Crippen LogP contribution in [-0.2, 0) is 24.2 Å². The number of hydrogen-bond acceptors (Lipinski definition) is 7. The Kier molecular flexibility index (Phi) is 4.16. The number of alkyl halides is 1. The fourth-order valence-electron chi connectivity index (χ4n) is 3.04. The lowest BCUT2D eigenvalue weighted by Crippen LogP contribution is -2.47. The molecule has 4 atom stereocenters. The monoisotopic (exact) mass is 353 g/mol. The number of halogens is 1. The van der Waals surface area contributed by atoms with E-state index in [9.17, 15) is 22.4 Å². The number of nitrogens with one attached hydrogen (secondary N) is 1. The van der Waals surface area contributed by atoms with E-state index in [-0.39, 0.29) is 26.1 Å². The van der Waals surface area contributed by atoms with Crippen molar-refractivity contribution in [3.05, 3.63) is 0 Å². The number of ether oxygens (including phenoxy) is 1. The summed E-state index contributed by atoms with van der Waals surface area (Å²) >= 11 is 0. The topological polar surface area (TPSA) is 125 Å². The minimum Gasteiger partial charge on any atom is -0.456 e. The largest absolute Gasteiger partial charge is 0.456 e. The first-order valence-corrected chi connectivity index (χ1v) is 8.45. The summed E-state index contributed by atoms with van der Waals surface area (Å²) in [6.45, 7) is 0.369. The number of carbonyl (C=O) groups excluding carboxylic acids is 2. The molecule has 12 heteroatoms. The van der Waals surface area contributed by atoms with E-state index < -0.39 is 46.8 Å². The number of carbonyl (C=O) groups is 2. The summed E-state index contributed by atoms with van der Waals surface area (Å²) in [5, 5.41) is 3.29. The molecule has 3 fully saturated rings. The molecule has 2 N–H and O–H groups in total. The minimum absolute atomic E-state index is 0.0656. The number of hydroxylamine groups is 2. The predicted molar refractivity (Wildman–Crippen MR) is 71.0 cm³/mol. The summed E-state index contributed by atoms with van der Waals surface area (Å²) in [6.07, 6.45) is -1.68. The summed E-state index contributed by atoms with van der Waals surface area (Å²) in [7, 11) is -4.84. The third-order valence-corrected chi connectivity index (χ3v) is 4.47. The average molecular weight is 353 g/mol. The van der Waals surface area contributed by atoms with E-state index >= 15 is 0 Å². The van der Waals surface area contributed by atoms with Crippen molar-refractivity contribution in [2.45, 2.75) is 37.2 Å². The Hall–Kier alpha value is -1.50. The van der Waals surface area contributed by atoms with Crippen LogP contribution < -0.4 is 5.32 Å². The van der Waals surface area contributed by atoms with Gasteiger partial charge in [-0.25, -0.2) is 14.0 Å². The van der Waals surface area contributed by atoms with Crippen molar-refractivity contribution in [3.8, 4) is 0 Å². The number of urea groups is 1. The number of hydrogen-bond donors (Lipinski definition) is 2. The molecule has 23 heavy (non-hydrogen) atoms. The molecule has 0 aromatic rings. The molecular formula is C11H16FN3O7S. The summed E-state index contributed by atoms with van der Waals surface area (Å²) in [5.74, 6) is -0.734. The number of fused-ring (bicyclic) bond motifs is 2. The van der Waals surface area contributed by atoms with Crippen LogP contribution in [0.25, 0.3) is 0 Å². The lowest BCUT2D eigenvalue weighted by Gasteiger charge is -2.29. The van der Waals surface area contributed by atoms with Crippen LogP contribution in [0.5, 0.6) is 0 Å². The molecule has 0 spiro atoms. The molecule has 3 aliphatic heterocycles. The first-order chi connectivity index (χ1) is 10.8. The predicted octanol–water partition coefficient (Wildman–Crippen LogP) is -1.16. The summed E-state index contributed by atoms with van der Waals surface area (Å²) in [6, 6.07) is -2.37. The van der Waals surface area contributed by atoms with Crippen molar-refractivity contribution in [2.24, 2.45) is 0 Å². The Morgan fingerprint density at radius 3 is 2.70 bits per heavy atom. The Bertz CT molecular complexity index is 615. The van der Waals surface area contributed by atoms with E-state index in [0.29, 0.717) is 11.5 Å². The number of piperidine rings is 1. The van der Waals surface area contributed by atoms with E-state index in [4.69, 9.17) is 9.29 Å².